The Kier molecular flexibility index (Phi) is 3.22. The highest BCUT2D eigenvalue weighted by atomic mass is 16.6. The van der Waals surface area contributed by atoms with Crippen molar-refractivity contribution in [3.05, 3.63) is 10.1 Å². The molecule has 1 saturated heterocycles. The van der Waals surface area contributed by atoms with Gasteiger partial charge in [0.2, 0.25) is 0 Å². The average Bonchev–Trinajstić information content (AvgIpc) is 2.03. The number of nitrogens with zero attached hydrogens (tertiary/aromatic N) is 2. The monoisotopic (exact) mass is 186 g/mol. The van der Waals surface area contributed by atoms with Crippen LogP contribution in [0.5, 0.6) is 0 Å². The first-order valence-corrected chi connectivity index (χ1v) is 4.52. The van der Waals surface area contributed by atoms with Crippen molar-refractivity contribution in [3.63, 3.8) is 0 Å². The predicted molar refractivity (Wildman–Crippen MR) is 46.9 cm³/mol. The van der Waals surface area contributed by atoms with Crippen molar-refractivity contribution in [1.29, 1.82) is 0 Å². The molecule has 0 N–H and O–H groups in total. The maximum absolute atomic E-state index is 11.3. The SMILES string of the molecule is CC1CCCCN1C(=O)C[N+](=O)[O-]. The molecular formula is C8H14N2O3. The zero-order valence-corrected chi connectivity index (χ0v) is 7.73. The van der Waals surface area contributed by atoms with E-state index in [1.807, 2.05) is 6.92 Å². The van der Waals surface area contributed by atoms with Crippen molar-refractivity contribution in [1.82, 2.24) is 4.90 Å². The Balaban J connectivity index is 2.48. The van der Waals surface area contributed by atoms with E-state index >= 15 is 0 Å². The second kappa shape index (κ2) is 4.20. The summed E-state index contributed by atoms with van der Waals surface area (Å²) in [4.78, 5) is 22.5. The molecule has 1 rings (SSSR count). The second-order valence-corrected chi connectivity index (χ2v) is 3.42. The van der Waals surface area contributed by atoms with Gasteiger partial charge in [-0.2, -0.15) is 0 Å². The highest BCUT2D eigenvalue weighted by Crippen LogP contribution is 2.16. The summed E-state index contributed by atoms with van der Waals surface area (Å²) in [6.07, 6.45) is 3.04. The summed E-state index contributed by atoms with van der Waals surface area (Å²) in [5, 5.41) is 10.1. The van der Waals surface area contributed by atoms with Crippen molar-refractivity contribution in [2.45, 2.75) is 32.2 Å². The lowest BCUT2D eigenvalue weighted by Gasteiger charge is -2.32. The number of carbonyl (C=O) groups is 1. The van der Waals surface area contributed by atoms with Crippen molar-refractivity contribution in [3.8, 4) is 0 Å². The van der Waals surface area contributed by atoms with Gasteiger partial charge in [0.1, 0.15) is 0 Å². The summed E-state index contributed by atoms with van der Waals surface area (Å²) in [5.41, 5.74) is 0. The Morgan fingerprint density at radius 1 is 1.62 bits per heavy atom. The molecule has 13 heavy (non-hydrogen) atoms. The fourth-order valence-corrected chi connectivity index (χ4v) is 1.67. The fraction of sp³-hybridized carbons (Fsp3) is 0.875. The van der Waals surface area contributed by atoms with Gasteiger partial charge in [-0.25, -0.2) is 0 Å². The van der Waals surface area contributed by atoms with Gasteiger partial charge in [0, 0.05) is 17.5 Å². The third-order valence-corrected chi connectivity index (χ3v) is 2.39. The number of hydrogen-bond acceptors (Lipinski definition) is 3. The lowest BCUT2D eigenvalue weighted by Crippen LogP contribution is -2.44. The molecule has 1 aliphatic heterocycles. The quantitative estimate of drug-likeness (QED) is 0.470. The van der Waals surface area contributed by atoms with E-state index in [0.717, 1.165) is 19.3 Å². The Morgan fingerprint density at radius 2 is 2.31 bits per heavy atom. The van der Waals surface area contributed by atoms with E-state index in [1.54, 1.807) is 4.90 Å². The summed E-state index contributed by atoms with van der Waals surface area (Å²) in [5.74, 6) is -0.350. The van der Waals surface area contributed by atoms with Crippen molar-refractivity contribution >= 4 is 5.91 Å². The minimum atomic E-state index is -0.566. The summed E-state index contributed by atoms with van der Waals surface area (Å²) < 4.78 is 0. The Labute approximate surface area is 76.9 Å². The second-order valence-electron chi connectivity index (χ2n) is 3.42. The number of nitro groups is 1. The van der Waals surface area contributed by atoms with Crippen LogP contribution in [0.25, 0.3) is 0 Å². The molecule has 0 spiro atoms. The molecule has 0 bridgehead atoms. The van der Waals surface area contributed by atoms with Crippen LogP contribution in [-0.4, -0.2) is 34.9 Å². The largest absolute Gasteiger partial charge is 0.334 e. The third-order valence-electron chi connectivity index (χ3n) is 2.39. The molecule has 0 aliphatic carbocycles. The number of rotatable bonds is 2. The van der Waals surface area contributed by atoms with Gasteiger partial charge < -0.3 is 4.90 Å². The molecule has 5 nitrogen and oxygen atoms in total. The minimum absolute atomic E-state index is 0.168. The van der Waals surface area contributed by atoms with Gasteiger partial charge in [-0.15, -0.1) is 0 Å². The highest BCUT2D eigenvalue weighted by molar-refractivity contribution is 5.77. The van der Waals surface area contributed by atoms with Gasteiger partial charge in [-0.3, -0.25) is 14.9 Å². The van der Waals surface area contributed by atoms with E-state index in [0.29, 0.717) is 6.54 Å². The van der Waals surface area contributed by atoms with E-state index < -0.39 is 11.5 Å². The molecule has 1 atom stereocenters. The van der Waals surface area contributed by atoms with E-state index in [-0.39, 0.29) is 11.9 Å². The fourth-order valence-electron chi connectivity index (χ4n) is 1.67. The van der Waals surface area contributed by atoms with Crippen LogP contribution in [0.4, 0.5) is 0 Å². The zero-order valence-electron chi connectivity index (χ0n) is 7.73. The van der Waals surface area contributed by atoms with Gasteiger partial charge in [0.05, 0.1) is 0 Å². The first-order valence-electron chi connectivity index (χ1n) is 4.52. The van der Waals surface area contributed by atoms with Crippen LogP contribution in [0.1, 0.15) is 26.2 Å². The van der Waals surface area contributed by atoms with Gasteiger partial charge in [0.15, 0.2) is 0 Å². The standard InChI is InChI=1S/C8H14N2O3/c1-7-4-2-3-5-9(7)8(11)6-10(12)13/h7H,2-6H2,1H3. The molecule has 0 aromatic rings. The predicted octanol–water partition coefficient (Wildman–Crippen LogP) is 0.664. The Hall–Kier alpha value is -1.13. The smallest absolute Gasteiger partial charge is 0.294 e. The molecule has 0 saturated carbocycles. The molecule has 0 aromatic carbocycles. The first-order chi connectivity index (χ1) is 6.11. The van der Waals surface area contributed by atoms with Crippen molar-refractivity contribution in [2.75, 3.05) is 13.1 Å². The minimum Gasteiger partial charge on any atom is -0.334 e. The van der Waals surface area contributed by atoms with E-state index in [2.05, 4.69) is 0 Å². The average molecular weight is 186 g/mol. The number of hydrogen-bond donors (Lipinski definition) is 0. The third kappa shape index (κ3) is 2.68. The summed E-state index contributed by atoms with van der Waals surface area (Å²) in [6.45, 7) is 2.05. The molecule has 1 amide bonds. The normalized spacial score (nSPS) is 22.8. The van der Waals surface area contributed by atoms with Gasteiger partial charge >= 0.3 is 0 Å². The van der Waals surface area contributed by atoms with E-state index in [4.69, 9.17) is 0 Å². The van der Waals surface area contributed by atoms with E-state index in [1.165, 1.54) is 0 Å². The molecule has 5 heteroatoms. The number of carbonyl (C=O) groups excluding carboxylic acids is 1. The first kappa shape index (κ1) is 9.95. The van der Waals surface area contributed by atoms with Crippen LogP contribution in [-0.2, 0) is 4.79 Å². The van der Waals surface area contributed by atoms with Crippen LogP contribution in [0, 0.1) is 10.1 Å². The molecule has 1 aliphatic rings. The molecule has 0 radical (unpaired) electrons. The Morgan fingerprint density at radius 3 is 2.85 bits per heavy atom. The van der Waals surface area contributed by atoms with Crippen molar-refractivity contribution < 1.29 is 9.72 Å². The highest BCUT2D eigenvalue weighted by Gasteiger charge is 2.25. The molecule has 1 unspecified atom stereocenters. The van der Waals surface area contributed by atoms with Crippen LogP contribution in [0.15, 0.2) is 0 Å². The van der Waals surface area contributed by atoms with Gasteiger partial charge in [-0.1, -0.05) is 0 Å². The number of piperidine rings is 1. The van der Waals surface area contributed by atoms with Gasteiger partial charge in [-0.05, 0) is 26.2 Å². The molecule has 1 heterocycles. The maximum atomic E-state index is 11.3. The van der Waals surface area contributed by atoms with Crippen LogP contribution in [0.2, 0.25) is 0 Å². The van der Waals surface area contributed by atoms with Crippen LogP contribution < -0.4 is 0 Å². The summed E-state index contributed by atoms with van der Waals surface area (Å²) in [7, 11) is 0. The zero-order chi connectivity index (χ0) is 9.84. The summed E-state index contributed by atoms with van der Waals surface area (Å²) >= 11 is 0. The van der Waals surface area contributed by atoms with E-state index in [9.17, 15) is 14.9 Å². The molecule has 0 aromatic heterocycles. The van der Waals surface area contributed by atoms with Crippen LogP contribution >= 0.6 is 0 Å². The van der Waals surface area contributed by atoms with Crippen LogP contribution in [0.3, 0.4) is 0 Å². The molecular weight excluding hydrogens is 172 g/mol. The van der Waals surface area contributed by atoms with Crippen molar-refractivity contribution in [2.24, 2.45) is 0 Å². The molecule has 74 valence electrons. The molecule has 1 fully saturated rings. The topological polar surface area (TPSA) is 63.5 Å². The lowest BCUT2D eigenvalue weighted by molar-refractivity contribution is -0.469. The lowest BCUT2D eigenvalue weighted by atomic mass is 10.0. The maximum Gasteiger partial charge on any atom is 0.294 e. The number of amides is 1. The van der Waals surface area contributed by atoms with Gasteiger partial charge in [0.25, 0.3) is 12.5 Å². The summed E-state index contributed by atoms with van der Waals surface area (Å²) in [6, 6.07) is 0.168. The Bertz CT molecular complexity index is 217. The number of likely N-dealkylation sites (tertiary alicyclic amines) is 1.